The third kappa shape index (κ3) is 4.75. The Hall–Kier alpha value is -5.12. The zero-order valence-corrected chi connectivity index (χ0v) is 29.3. The molecule has 0 spiro atoms. The molecule has 49 heavy (non-hydrogen) atoms. The van der Waals surface area contributed by atoms with Crippen LogP contribution < -0.4 is 10.4 Å². The van der Waals surface area contributed by atoms with Crippen LogP contribution in [0.1, 0.15) is 39.5 Å². The Bertz CT molecular complexity index is 2530. The van der Waals surface area contributed by atoms with Crippen LogP contribution in [-0.2, 0) is 0 Å². The third-order valence-corrected chi connectivity index (χ3v) is 16.4. The SMILES string of the molecule is CCCC[Si]1(CCCC)c2ccccc2-c2cc3c4ccc(-c5nc6ccccc6nc5-c5ccccc5)cc4c4ccccc4c3cc21. The molecule has 1 aromatic heterocycles. The number of fused-ring (bicyclic) bond motifs is 10. The first kappa shape index (κ1) is 30.0. The number of hydrogen-bond acceptors (Lipinski definition) is 2. The second kappa shape index (κ2) is 12.1. The van der Waals surface area contributed by atoms with Crippen molar-refractivity contribution in [3.8, 4) is 33.6 Å². The summed E-state index contributed by atoms with van der Waals surface area (Å²) in [7, 11) is -1.92. The maximum Gasteiger partial charge on any atom is 0.119 e. The second-order valence-corrected chi connectivity index (χ2v) is 18.1. The molecule has 0 amide bonds. The van der Waals surface area contributed by atoms with E-state index in [1.54, 1.807) is 10.4 Å². The van der Waals surface area contributed by atoms with Crippen LogP contribution in [0.5, 0.6) is 0 Å². The van der Waals surface area contributed by atoms with Gasteiger partial charge in [-0.25, -0.2) is 9.97 Å². The highest BCUT2D eigenvalue weighted by Gasteiger charge is 2.44. The molecular formula is C46H40N2Si. The minimum Gasteiger partial charge on any atom is -0.244 e. The summed E-state index contributed by atoms with van der Waals surface area (Å²) in [5.41, 5.74) is 8.78. The fraction of sp³-hybridized carbons (Fsp3) is 0.174. The monoisotopic (exact) mass is 648 g/mol. The lowest BCUT2D eigenvalue weighted by Gasteiger charge is -2.30. The summed E-state index contributed by atoms with van der Waals surface area (Å²) in [6, 6.07) is 52.0. The van der Waals surface area contributed by atoms with Crippen molar-refractivity contribution in [2.24, 2.45) is 0 Å². The number of unbranched alkanes of at least 4 members (excludes halogenated alkanes) is 2. The van der Waals surface area contributed by atoms with Gasteiger partial charge in [0.2, 0.25) is 0 Å². The molecule has 8 aromatic rings. The summed E-state index contributed by atoms with van der Waals surface area (Å²) < 4.78 is 0. The summed E-state index contributed by atoms with van der Waals surface area (Å²) in [5, 5.41) is 11.3. The van der Waals surface area contributed by atoms with Crippen LogP contribution in [0.15, 0.2) is 133 Å². The molecule has 7 aromatic carbocycles. The molecule has 3 heteroatoms. The molecule has 0 bridgehead atoms. The van der Waals surface area contributed by atoms with E-state index in [-0.39, 0.29) is 0 Å². The van der Waals surface area contributed by atoms with Gasteiger partial charge >= 0.3 is 0 Å². The van der Waals surface area contributed by atoms with Gasteiger partial charge in [0.25, 0.3) is 0 Å². The van der Waals surface area contributed by atoms with Gasteiger partial charge in [0.15, 0.2) is 0 Å². The molecular weight excluding hydrogens is 609 g/mol. The summed E-state index contributed by atoms with van der Waals surface area (Å²) >= 11 is 0. The van der Waals surface area contributed by atoms with Crippen LogP contribution >= 0.6 is 0 Å². The van der Waals surface area contributed by atoms with E-state index in [1.165, 1.54) is 81.2 Å². The van der Waals surface area contributed by atoms with Crippen molar-refractivity contribution in [3.63, 3.8) is 0 Å². The van der Waals surface area contributed by atoms with Gasteiger partial charge in [0, 0.05) is 11.1 Å². The number of rotatable bonds is 8. The number of hydrogen-bond donors (Lipinski definition) is 0. The van der Waals surface area contributed by atoms with E-state index in [1.807, 2.05) is 12.1 Å². The van der Waals surface area contributed by atoms with Crippen molar-refractivity contribution in [1.29, 1.82) is 0 Å². The molecule has 0 saturated heterocycles. The predicted octanol–water partition coefficient (Wildman–Crippen LogP) is 11.6. The number of benzene rings is 7. The molecule has 238 valence electrons. The number of nitrogens with zero attached hydrogens (tertiary/aromatic N) is 2. The maximum absolute atomic E-state index is 5.25. The fourth-order valence-electron chi connectivity index (χ4n) is 8.67. The Balaban J connectivity index is 1.33. The van der Waals surface area contributed by atoms with Crippen LogP contribution in [0.4, 0.5) is 0 Å². The largest absolute Gasteiger partial charge is 0.244 e. The molecule has 1 aliphatic heterocycles. The van der Waals surface area contributed by atoms with Crippen molar-refractivity contribution in [1.82, 2.24) is 9.97 Å². The van der Waals surface area contributed by atoms with E-state index in [0.29, 0.717) is 0 Å². The first-order valence-electron chi connectivity index (χ1n) is 18.1. The van der Waals surface area contributed by atoms with Crippen LogP contribution in [0.25, 0.3) is 77.0 Å². The molecule has 0 radical (unpaired) electrons. The highest BCUT2D eigenvalue weighted by atomic mass is 28.3. The van der Waals surface area contributed by atoms with E-state index in [9.17, 15) is 0 Å². The standard InChI is InChI=1S/C46H40N2Si/c1-3-5-26-49(27-6-4-2)43-23-15-12-20-36(43)40-29-38-35-25-24-32(28-37(35)33-18-10-11-19-34(33)39(38)30-44(40)49)46-45(31-16-8-7-9-17-31)47-41-21-13-14-22-42(41)48-46/h7-25,28-30H,3-6,26-27H2,1-2H3. The molecule has 2 nitrogen and oxygen atoms in total. The van der Waals surface area contributed by atoms with Gasteiger partial charge in [0.1, 0.15) is 8.07 Å². The van der Waals surface area contributed by atoms with Crippen molar-refractivity contribution in [3.05, 3.63) is 133 Å². The average Bonchev–Trinajstić information content (AvgIpc) is 3.43. The fourth-order valence-corrected chi connectivity index (χ4v) is 14.5. The smallest absolute Gasteiger partial charge is 0.119 e. The molecule has 0 atom stereocenters. The van der Waals surface area contributed by atoms with Crippen molar-refractivity contribution >= 4 is 61.8 Å². The molecule has 1 aliphatic rings. The van der Waals surface area contributed by atoms with Crippen molar-refractivity contribution < 1.29 is 0 Å². The van der Waals surface area contributed by atoms with Gasteiger partial charge in [-0.3, -0.25) is 0 Å². The summed E-state index contributed by atoms with van der Waals surface area (Å²) in [6.45, 7) is 4.70. The molecule has 2 heterocycles. The number of para-hydroxylation sites is 2. The Morgan fingerprint density at radius 2 is 0.980 bits per heavy atom. The molecule has 0 N–H and O–H groups in total. The first-order valence-corrected chi connectivity index (χ1v) is 20.5. The van der Waals surface area contributed by atoms with E-state index in [2.05, 4.69) is 135 Å². The number of aromatic nitrogens is 2. The summed E-state index contributed by atoms with van der Waals surface area (Å²) in [4.78, 5) is 10.4. The average molecular weight is 649 g/mol. The van der Waals surface area contributed by atoms with Gasteiger partial charge in [-0.2, -0.15) is 0 Å². The molecule has 0 aliphatic carbocycles. The molecule has 0 saturated carbocycles. The van der Waals surface area contributed by atoms with E-state index >= 15 is 0 Å². The quantitative estimate of drug-likeness (QED) is 0.121. The second-order valence-electron chi connectivity index (χ2n) is 13.9. The van der Waals surface area contributed by atoms with Crippen LogP contribution in [0, 0.1) is 0 Å². The first-order chi connectivity index (χ1) is 24.2. The lowest BCUT2D eigenvalue weighted by molar-refractivity contribution is 0.838. The minimum atomic E-state index is -1.92. The Labute approximate surface area is 289 Å². The Morgan fingerprint density at radius 1 is 0.429 bits per heavy atom. The van der Waals surface area contributed by atoms with Gasteiger partial charge in [-0.05, 0) is 90.2 Å². The zero-order chi connectivity index (χ0) is 33.0. The maximum atomic E-state index is 5.25. The van der Waals surface area contributed by atoms with Gasteiger partial charge < -0.3 is 0 Å². The van der Waals surface area contributed by atoms with Gasteiger partial charge in [0.05, 0.1) is 22.4 Å². The zero-order valence-electron chi connectivity index (χ0n) is 28.3. The van der Waals surface area contributed by atoms with Crippen LogP contribution in [-0.4, -0.2) is 18.0 Å². The van der Waals surface area contributed by atoms with Gasteiger partial charge in [-0.1, -0.05) is 149 Å². The van der Waals surface area contributed by atoms with Crippen molar-refractivity contribution in [2.75, 3.05) is 0 Å². The Kier molecular flexibility index (Phi) is 7.39. The lowest BCUT2D eigenvalue weighted by Crippen LogP contribution is -2.55. The predicted molar refractivity (Wildman–Crippen MR) is 213 cm³/mol. The van der Waals surface area contributed by atoms with E-state index in [4.69, 9.17) is 9.97 Å². The molecule has 0 unspecified atom stereocenters. The minimum absolute atomic E-state index is 0.911. The highest BCUT2D eigenvalue weighted by Crippen LogP contribution is 2.43. The van der Waals surface area contributed by atoms with Crippen molar-refractivity contribution in [2.45, 2.75) is 51.6 Å². The van der Waals surface area contributed by atoms with Crippen LogP contribution in [0.3, 0.4) is 0 Å². The van der Waals surface area contributed by atoms with Crippen LogP contribution in [0.2, 0.25) is 12.1 Å². The third-order valence-electron chi connectivity index (χ3n) is 11.0. The topological polar surface area (TPSA) is 25.8 Å². The normalized spacial score (nSPS) is 13.3. The summed E-state index contributed by atoms with van der Waals surface area (Å²) in [5.74, 6) is 0. The van der Waals surface area contributed by atoms with E-state index in [0.717, 1.165) is 33.5 Å². The Morgan fingerprint density at radius 3 is 1.67 bits per heavy atom. The summed E-state index contributed by atoms with van der Waals surface area (Å²) in [6.07, 6.45) is 5.09. The lowest BCUT2D eigenvalue weighted by atomic mass is 9.90. The molecule has 9 rings (SSSR count). The molecule has 0 fully saturated rings. The highest BCUT2D eigenvalue weighted by molar-refractivity contribution is 7.05. The van der Waals surface area contributed by atoms with Gasteiger partial charge in [-0.15, -0.1) is 0 Å². The van der Waals surface area contributed by atoms with E-state index < -0.39 is 8.07 Å².